The molecule has 1 heterocycles. The molecule has 1 aliphatic heterocycles. The topological polar surface area (TPSA) is 24.5 Å². The van der Waals surface area contributed by atoms with Gasteiger partial charge in [-0.1, -0.05) is 29.8 Å². The van der Waals surface area contributed by atoms with Crippen molar-refractivity contribution in [2.45, 2.75) is 32.7 Å². The lowest BCUT2D eigenvalue weighted by molar-refractivity contribution is 0.337. The van der Waals surface area contributed by atoms with E-state index in [0.717, 1.165) is 47.3 Å². The summed E-state index contributed by atoms with van der Waals surface area (Å²) < 4.78 is 5.67. The van der Waals surface area contributed by atoms with E-state index in [9.17, 15) is 0 Å². The van der Waals surface area contributed by atoms with E-state index in [1.165, 1.54) is 19.3 Å². The molecule has 1 saturated heterocycles. The average Bonchev–Trinajstić information content (AvgIpc) is 2.62. The van der Waals surface area contributed by atoms with Gasteiger partial charge in [-0.05, 0) is 50.5 Å². The maximum atomic E-state index is 6.52. The van der Waals surface area contributed by atoms with Crippen molar-refractivity contribution in [1.82, 2.24) is 0 Å². The first kappa shape index (κ1) is 17.0. The van der Waals surface area contributed by atoms with Crippen LogP contribution in [0.1, 0.15) is 31.7 Å². The zero-order valence-corrected chi connectivity index (χ0v) is 15.0. The molecule has 3 nitrogen and oxygen atoms in total. The fourth-order valence-corrected chi connectivity index (χ4v) is 3.45. The second kappa shape index (κ2) is 8.29. The number of hydrogen-bond acceptors (Lipinski definition) is 3. The summed E-state index contributed by atoms with van der Waals surface area (Å²) in [5, 5.41) is 4.27. The largest absolute Gasteiger partial charge is 0.494 e. The fourth-order valence-electron chi connectivity index (χ4n) is 3.15. The Balaban J connectivity index is 1.67. The minimum atomic E-state index is 0.674. The van der Waals surface area contributed by atoms with Gasteiger partial charge in [-0.2, -0.15) is 0 Å². The molecular formula is C20H25ClN2O. The number of anilines is 2. The van der Waals surface area contributed by atoms with Crippen LogP contribution in [0.25, 0.3) is 0 Å². The molecule has 0 atom stereocenters. The van der Waals surface area contributed by atoms with E-state index in [2.05, 4.69) is 28.4 Å². The van der Waals surface area contributed by atoms with E-state index in [1.54, 1.807) is 0 Å². The normalized spacial score (nSPS) is 14.5. The molecular weight excluding hydrogens is 320 g/mol. The van der Waals surface area contributed by atoms with Gasteiger partial charge < -0.3 is 15.0 Å². The lowest BCUT2D eigenvalue weighted by Gasteiger charge is -2.29. The van der Waals surface area contributed by atoms with E-state index in [1.807, 2.05) is 31.2 Å². The highest BCUT2D eigenvalue weighted by molar-refractivity contribution is 6.33. The molecule has 0 aromatic heterocycles. The summed E-state index contributed by atoms with van der Waals surface area (Å²) in [7, 11) is 0. The monoisotopic (exact) mass is 344 g/mol. The van der Waals surface area contributed by atoms with Crippen LogP contribution >= 0.6 is 11.6 Å². The standard InChI is InChI=1S/C20H25ClN2O/c1-2-24-20-9-5-4-8-16(20)15-22-17-10-11-19(18(21)14-17)23-12-6-3-7-13-23/h4-5,8-11,14,22H,2-3,6-7,12-13,15H2,1H3. The first-order valence-corrected chi connectivity index (χ1v) is 9.15. The SMILES string of the molecule is CCOc1ccccc1CNc1ccc(N2CCCCC2)c(Cl)c1. The molecule has 128 valence electrons. The van der Waals surface area contributed by atoms with Crippen LogP contribution in [-0.4, -0.2) is 19.7 Å². The summed E-state index contributed by atoms with van der Waals surface area (Å²) >= 11 is 6.52. The number of hydrogen-bond donors (Lipinski definition) is 1. The minimum absolute atomic E-state index is 0.674. The molecule has 1 N–H and O–H groups in total. The highest BCUT2D eigenvalue weighted by atomic mass is 35.5. The molecule has 24 heavy (non-hydrogen) atoms. The van der Waals surface area contributed by atoms with E-state index in [-0.39, 0.29) is 0 Å². The summed E-state index contributed by atoms with van der Waals surface area (Å²) in [5.41, 5.74) is 3.33. The molecule has 2 aromatic rings. The van der Waals surface area contributed by atoms with Crippen LogP contribution < -0.4 is 15.0 Å². The number of halogens is 1. The van der Waals surface area contributed by atoms with Gasteiger partial charge in [-0.25, -0.2) is 0 Å². The predicted molar refractivity (Wildman–Crippen MR) is 102 cm³/mol. The molecule has 1 fully saturated rings. The third-order valence-corrected chi connectivity index (χ3v) is 4.70. The molecule has 2 aromatic carbocycles. The van der Waals surface area contributed by atoms with Crippen molar-refractivity contribution in [1.29, 1.82) is 0 Å². The number of benzene rings is 2. The molecule has 4 heteroatoms. The summed E-state index contributed by atoms with van der Waals surface area (Å²) in [5.74, 6) is 0.934. The van der Waals surface area contributed by atoms with Crippen molar-refractivity contribution in [3.63, 3.8) is 0 Å². The van der Waals surface area contributed by atoms with Crippen LogP contribution in [0.2, 0.25) is 5.02 Å². The predicted octanol–water partition coefficient (Wildman–Crippen LogP) is 5.34. The maximum Gasteiger partial charge on any atom is 0.124 e. The van der Waals surface area contributed by atoms with Crippen LogP contribution in [0, 0.1) is 0 Å². The van der Waals surface area contributed by atoms with Crippen molar-refractivity contribution in [3.8, 4) is 5.75 Å². The van der Waals surface area contributed by atoms with Gasteiger partial charge in [-0.15, -0.1) is 0 Å². The number of nitrogens with zero attached hydrogens (tertiary/aromatic N) is 1. The van der Waals surface area contributed by atoms with Gasteiger partial charge in [0.25, 0.3) is 0 Å². The smallest absolute Gasteiger partial charge is 0.124 e. The number of piperidine rings is 1. The van der Waals surface area contributed by atoms with Crippen LogP contribution in [0.3, 0.4) is 0 Å². The van der Waals surface area contributed by atoms with Gasteiger partial charge in [0.2, 0.25) is 0 Å². The van der Waals surface area contributed by atoms with Crippen molar-refractivity contribution in [3.05, 3.63) is 53.1 Å². The molecule has 0 amide bonds. The van der Waals surface area contributed by atoms with Gasteiger partial charge in [0, 0.05) is 30.9 Å². The Morgan fingerprint density at radius 1 is 1.08 bits per heavy atom. The second-order valence-corrected chi connectivity index (χ2v) is 6.52. The van der Waals surface area contributed by atoms with Gasteiger partial charge in [0.15, 0.2) is 0 Å². The van der Waals surface area contributed by atoms with Gasteiger partial charge in [0.05, 0.1) is 17.3 Å². The van der Waals surface area contributed by atoms with E-state index >= 15 is 0 Å². The molecule has 0 aliphatic carbocycles. The lowest BCUT2D eigenvalue weighted by atomic mass is 10.1. The zero-order valence-electron chi connectivity index (χ0n) is 14.2. The van der Waals surface area contributed by atoms with Crippen molar-refractivity contribution >= 4 is 23.0 Å². The van der Waals surface area contributed by atoms with Crippen molar-refractivity contribution in [2.24, 2.45) is 0 Å². The Morgan fingerprint density at radius 3 is 2.62 bits per heavy atom. The number of nitrogens with one attached hydrogen (secondary N) is 1. The van der Waals surface area contributed by atoms with Gasteiger partial charge in [0.1, 0.15) is 5.75 Å². The fraction of sp³-hybridized carbons (Fsp3) is 0.400. The summed E-state index contributed by atoms with van der Waals surface area (Å²) in [6.45, 7) is 5.61. The van der Waals surface area contributed by atoms with Crippen molar-refractivity contribution < 1.29 is 4.74 Å². The number of rotatable bonds is 6. The third-order valence-electron chi connectivity index (χ3n) is 4.40. The summed E-state index contributed by atoms with van der Waals surface area (Å²) in [4.78, 5) is 2.39. The summed E-state index contributed by atoms with van der Waals surface area (Å²) in [6, 6.07) is 14.4. The van der Waals surface area contributed by atoms with E-state index in [0.29, 0.717) is 6.61 Å². The molecule has 3 rings (SSSR count). The summed E-state index contributed by atoms with van der Waals surface area (Å²) in [6.07, 6.45) is 3.84. The Morgan fingerprint density at radius 2 is 1.88 bits per heavy atom. The first-order chi connectivity index (χ1) is 11.8. The van der Waals surface area contributed by atoms with Gasteiger partial charge >= 0.3 is 0 Å². The third kappa shape index (κ3) is 4.15. The average molecular weight is 345 g/mol. The highest BCUT2D eigenvalue weighted by Gasteiger charge is 2.14. The number of para-hydroxylation sites is 1. The van der Waals surface area contributed by atoms with Crippen molar-refractivity contribution in [2.75, 3.05) is 29.9 Å². The second-order valence-electron chi connectivity index (χ2n) is 6.11. The molecule has 0 spiro atoms. The van der Waals surface area contributed by atoms with E-state index < -0.39 is 0 Å². The number of ether oxygens (including phenoxy) is 1. The Kier molecular flexibility index (Phi) is 5.86. The maximum absolute atomic E-state index is 6.52. The van der Waals surface area contributed by atoms with Crippen LogP contribution in [0.15, 0.2) is 42.5 Å². The van der Waals surface area contributed by atoms with Gasteiger partial charge in [-0.3, -0.25) is 0 Å². The highest BCUT2D eigenvalue weighted by Crippen LogP contribution is 2.31. The van der Waals surface area contributed by atoms with Crippen LogP contribution in [0.4, 0.5) is 11.4 Å². The Labute approximate surface area is 149 Å². The Hall–Kier alpha value is -1.87. The van der Waals surface area contributed by atoms with E-state index in [4.69, 9.17) is 16.3 Å². The molecule has 0 unspecified atom stereocenters. The first-order valence-electron chi connectivity index (χ1n) is 8.77. The van der Waals surface area contributed by atoms with Crippen LogP contribution in [0.5, 0.6) is 5.75 Å². The molecule has 0 radical (unpaired) electrons. The molecule has 0 bridgehead atoms. The molecule has 1 aliphatic rings. The van der Waals surface area contributed by atoms with Crippen LogP contribution in [-0.2, 0) is 6.54 Å². The quantitative estimate of drug-likeness (QED) is 0.765. The molecule has 0 saturated carbocycles. The zero-order chi connectivity index (χ0) is 16.8. The Bertz CT molecular complexity index is 668. The minimum Gasteiger partial charge on any atom is -0.494 e. The lowest BCUT2D eigenvalue weighted by Crippen LogP contribution is -2.29.